The zero-order chi connectivity index (χ0) is 13.8. The number of nitrogens with two attached hydrogens (primary N) is 1. The summed E-state index contributed by atoms with van der Waals surface area (Å²) in [7, 11) is 0. The van der Waals surface area contributed by atoms with Gasteiger partial charge in [-0.05, 0) is 30.2 Å². The van der Waals surface area contributed by atoms with Crippen LogP contribution in [0.4, 0.5) is 15.8 Å². The Hall–Kier alpha value is -2.07. The lowest BCUT2D eigenvalue weighted by Gasteiger charge is -2.20. The van der Waals surface area contributed by atoms with Crippen molar-refractivity contribution in [2.24, 2.45) is 0 Å². The molecule has 2 aromatic carbocycles. The first-order valence-corrected chi connectivity index (χ1v) is 6.09. The highest BCUT2D eigenvalue weighted by Crippen LogP contribution is 2.26. The molecule has 4 heteroatoms. The number of aliphatic hydroxyl groups excluding tert-OH is 1. The normalized spacial score (nSPS) is 12.2. The van der Waals surface area contributed by atoms with Crippen LogP contribution in [0, 0.1) is 12.7 Å². The van der Waals surface area contributed by atoms with Crippen molar-refractivity contribution in [1.82, 2.24) is 0 Å². The summed E-state index contributed by atoms with van der Waals surface area (Å²) in [6.45, 7) is 1.61. The highest BCUT2D eigenvalue weighted by molar-refractivity contribution is 5.68. The number of nitrogen functional groups attached to an aromatic ring is 1. The summed E-state index contributed by atoms with van der Waals surface area (Å²) < 4.78 is 13.3. The zero-order valence-electron chi connectivity index (χ0n) is 10.7. The molecule has 19 heavy (non-hydrogen) atoms. The molecule has 0 saturated carbocycles. The monoisotopic (exact) mass is 260 g/mol. The predicted molar refractivity (Wildman–Crippen MR) is 75.4 cm³/mol. The fourth-order valence-electron chi connectivity index (χ4n) is 1.93. The van der Waals surface area contributed by atoms with E-state index in [2.05, 4.69) is 5.32 Å². The van der Waals surface area contributed by atoms with Gasteiger partial charge in [-0.2, -0.15) is 0 Å². The van der Waals surface area contributed by atoms with Crippen LogP contribution in [0.25, 0.3) is 0 Å². The third-order valence-corrected chi connectivity index (χ3v) is 3.05. The standard InChI is InChI=1S/C15H17FN2O/c1-10-7-14(13(17)8-12(10)16)18-15(9-19)11-5-3-2-4-6-11/h2-8,15,18-19H,9,17H2,1H3. The summed E-state index contributed by atoms with van der Waals surface area (Å²) in [5.41, 5.74) is 8.21. The Balaban J connectivity index is 2.26. The highest BCUT2D eigenvalue weighted by atomic mass is 19.1. The van der Waals surface area contributed by atoms with Gasteiger partial charge in [0.05, 0.1) is 24.0 Å². The minimum Gasteiger partial charge on any atom is -0.397 e. The molecule has 0 aliphatic heterocycles. The number of nitrogens with one attached hydrogen (secondary N) is 1. The molecular formula is C15H17FN2O. The average Bonchev–Trinajstić information content (AvgIpc) is 2.42. The van der Waals surface area contributed by atoms with Crippen molar-refractivity contribution in [3.05, 3.63) is 59.4 Å². The molecule has 0 amide bonds. The van der Waals surface area contributed by atoms with Gasteiger partial charge in [0, 0.05) is 0 Å². The van der Waals surface area contributed by atoms with Crippen molar-refractivity contribution in [2.45, 2.75) is 13.0 Å². The molecule has 4 N–H and O–H groups in total. The molecule has 1 atom stereocenters. The second kappa shape index (κ2) is 5.71. The Kier molecular flexibility index (Phi) is 4.02. The van der Waals surface area contributed by atoms with E-state index in [1.54, 1.807) is 13.0 Å². The number of halogens is 1. The van der Waals surface area contributed by atoms with E-state index in [0.29, 0.717) is 16.9 Å². The molecule has 0 radical (unpaired) electrons. The molecule has 0 aromatic heterocycles. The second-order valence-corrected chi connectivity index (χ2v) is 4.48. The maximum Gasteiger partial charge on any atom is 0.128 e. The molecule has 0 spiro atoms. The van der Waals surface area contributed by atoms with Crippen LogP contribution in [0.15, 0.2) is 42.5 Å². The number of hydrogen-bond acceptors (Lipinski definition) is 3. The molecule has 1 unspecified atom stereocenters. The van der Waals surface area contributed by atoms with Gasteiger partial charge in [0.2, 0.25) is 0 Å². The lowest BCUT2D eigenvalue weighted by Crippen LogP contribution is -2.16. The summed E-state index contributed by atoms with van der Waals surface area (Å²) in [6, 6.07) is 12.2. The van der Waals surface area contributed by atoms with Gasteiger partial charge in [-0.3, -0.25) is 0 Å². The first-order chi connectivity index (χ1) is 9.11. The fraction of sp³-hybridized carbons (Fsp3) is 0.200. The molecule has 100 valence electrons. The van der Waals surface area contributed by atoms with Crippen LogP contribution in [-0.2, 0) is 0 Å². The van der Waals surface area contributed by atoms with Gasteiger partial charge in [-0.1, -0.05) is 30.3 Å². The van der Waals surface area contributed by atoms with Gasteiger partial charge >= 0.3 is 0 Å². The van der Waals surface area contributed by atoms with Crippen LogP contribution < -0.4 is 11.1 Å². The largest absolute Gasteiger partial charge is 0.397 e. The van der Waals surface area contributed by atoms with Crippen molar-refractivity contribution >= 4 is 11.4 Å². The Morgan fingerprint density at radius 3 is 2.58 bits per heavy atom. The lowest BCUT2D eigenvalue weighted by atomic mass is 10.1. The number of aryl methyl sites for hydroxylation is 1. The number of hydrogen-bond donors (Lipinski definition) is 3. The molecule has 0 saturated heterocycles. The summed E-state index contributed by atoms with van der Waals surface area (Å²) >= 11 is 0. The van der Waals surface area contributed by atoms with E-state index < -0.39 is 0 Å². The summed E-state index contributed by atoms with van der Waals surface area (Å²) in [4.78, 5) is 0. The van der Waals surface area contributed by atoms with Crippen LogP contribution in [0.1, 0.15) is 17.2 Å². The van der Waals surface area contributed by atoms with E-state index in [9.17, 15) is 9.50 Å². The maximum absolute atomic E-state index is 13.3. The van der Waals surface area contributed by atoms with Crippen molar-refractivity contribution in [3.8, 4) is 0 Å². The third kappa shape index (κ3) is 3.03. The third-order valence-electron chi connectivity index (χ3n) is 3.05. The zero-order valence-corrected chi connectivity index (χ0v) is 10.7. The molecule has 0 bridgehead atoms. The van der Waals surface area contributed by atoms with Crippen LogP contribution in [0.2, 0.25) is 0 Å². The van der Waals surface area contributed by atoms with E-state index in [1.807, 2.05) is 30.3 Å². The Bertz CT molecular complexity index is 558. The predicted octanol–water partition coefficient (Wildman–Crippen LogP) is 2.86. The quantitative estimate of drug-likeness (QED) is 0.741. The minimum atomic E-state index is -0.330. The summed E-state index contributed by atoms with van der Waals surface area (Å²) in [6.07, 6.45) is 0. The van der Waals surface area contributed by atoms with E-state index in [-0.39, 0.29) is 18.5 Å². The number of aliphatic hydroxyl groups is 1. The van der Waals surface area contributed by atoms with Gasteiger partial charge in [0.25, 0.3) is 0 Å². The Labute approximate surface area is 111 Å². The topological polar surface area (TPSA) is 58.3 Å². The van der Waals surface area contributed by atoms with Gasteiger partial charge in [-0.15, -0.1) is 0 Å². The smallest absolute Gasteiger partial charge is 0.128 e. The Morgan fingerprint density at radius 2 is 1.95 bits per heavy atom. The lowest BCUT2D eigenvalue weighted by molar-refractivity contribution is 0.276. The molecule has 0 heterocycles. The summed E-state index contributed by atoms with van der Waals surface area (Å²) in [5, 5.41) is 12.6. The van der Waals surface area contributed by atoms with Crippen LogP contribution in [0.5, 0.6) is 0 Å². The highest BCUT2D eigenvalue weighted by Gasteiger charge is 2.12. The van der Waals surface area contributed by atoms with Crippen LogP contribution in [-0.4, -0.2) is 11.7 Å². The van der Waals surface area contributed by atoms with Crippen molar-refractivity contribution in [3.63, 3.8) is 0 Å². The molecule has 3 nitrogen and oxygen atoms in total. The van der Waals surface area contributed by atoms with Crippen molar-refractivity contribution in [2.75, 3.05) is 17.7 Å². The number of benzene rings is 2. The average molecular weight is 260 g/mol. The van der Waals surface area contributed by atoms with Gasteiger partial charge in [0.1, 0.15) is 5.82 Å². The molecular weight excluding hydrogens is 243 g/mol. The van der Waals surface area contributed by atoms with E-state index in [4.69, 9.17) is 5.73 Å². The van der Waals surface area contributed by atoms with Gasteiger partial charge < -0.3 is 16.2 Å². The molecule has 0 fully saturated rings. The number of anilines is 2. The van der Waals surface area contributed by atoms with Crippen molar-refractivity contribution in [1.29, 1.82) is 0 Å². The van der Waals surface area contributed by atoms with Gasteiger partial charge in [-0.25, -0.2) is 4.39 Å². The first kappa shape index (κ1) is 13.4. The van der Waals surface area contributed by atoms with Crippen LogP contribution >= 0.6 is 0 Å². The fourth-order valence-corrected chi connectivity index (χ4v) is 1.93. The minimum absolute atomic E-state index is 0.0696. The molecule has 2 rings (SSSR count). The Morgan fingerprint density at radius 1 is 1.26 bits per heavy atom. The van der Waals surface area contributed by atoms with E-state index in [1.165, 1.54) is 6.07 Å². The second-order valence-electron chi connectivity index (χ2n) is 4.48. The first-order valence-electron chi connectivity index (χ1n) is 6.09. The molecule has 2 aromatic rings. The molecule has 0 aliphatic rings. The van der Waals surface area contributed by atoms with Gasteiger partial charge in [0.15, 0.2) is 0 Å². The van der Waals surface area contributed by atoms with E-state index >= 15 is 0 Å². The van der Waals surface area contributed by atoms with E-state index in [0.717, 1.165) is 5.56 Å². The van der Waals surface area contributed by atoms with Crippen molar-refractivity contribution < 1.29 is 9.50 Å². The SMILES string of the molecule is Cc1cc(NC(CO)c2ccccc2)c(N)cc1F. The number of rotatable bonds is 4. The van der Waals surface area contributed by atoms with Crippen LogP contribution in [0.3, 0.4) is 0 Å². The molecule has 0 aliphatic carbocycles. The maximum atomic E-state index is 13.3. The summed E-state index contributed by atoms with van der Waals surface area (Å²) in [5.74, 6) is -0.330.